The van der Waals surface area contributed by atoms with Gasteiger partial charge in [0.2, 0.25) is 0 Å². The third-order valence-corrected chi connectivity index (χ3v) is 5.10. The molecule has 1 fully saturated rings. The van der Waals surface area contributed by atoms with Crippen LogP contribution in [0.2, 0.25) is 0 Å². The van der Waals surface area contributed by atoms with E-state index >= 15 is 0 Å². The summed E-state index contributed by atoms with van der Waals surface area (Å²) in [6, 6.07) is 8.14. The summed E-state index contributed by atoms with van der Waals surface area (Å²) in [6.45, 7) is 18.9. The van der Waals surface area contributed by atoms with Gasteiger partial charge in [-0.25, -0.2) is 4.79 Å². The molecule has 0 saturated carbocycles. The molecule has 2 rings (SSSR count). The predicted molar refractivity (Wildman–Crippen MR) is 120 cm³/mol. The van der Waals surface area contributed by atoms with Crippen LogP contribution in [0.3, 0.4) is 0 Å². The predicted octanol–water partition coefficient (Wildman–Crippen LogP) is 4.03. The van der Waals surface area contributed by atoms with E-state index in [0.29, 0.717) is 24.6 Å². The molecular weight excluding hydrogens is 378 g/mol. The van der Waals surface area contributed by atoms with Crippen molar-refractivity contribution in [2.45, 2.75) is 67.0 Å². The van der Waals surface area contributed by atoms with Gasteiger partial charge in [0.05, 0.1) is 5.41 Å². The normalized spacial score (nSPS) is 17.6. The van der Waals surface area contributed by atoms with Crippen molar-refractivity contribution < 1.29 is 14.4 Å². The van der Waals surface area contributed by atoms with E-state index in [2.05, 4.69) is 30.1 Å². The Labute approximate surface area is 181 Å². The Morgan fingerprint density at radius 3 is 2.10 bits per heavy atom. The number of hydroxylamine groups is 2. The van der Waals surface area contributed by atoms with Gasteiger partial charge in [0.25, 0.3) is 5.91 Å². The Balaban J connectivity index is 2.10. The van der Waals surface area contributed by atoms with Crippen molar-refractivity contribution in [3.63, 3.8) is 0 Å². The van der Waals surface area contributed by atoms with E-state index in [1.807, 2.05) is 59.7 Å². The molecule has 0 radical (unpaired) electrons. The fraction of sp³-hybridized carbons (Fsp3) is 0.667. The molecule has 1 aromatic rings. The number of hydrogen-bond acceptors (Lipinski definition) is 5. The fourth-order valence-electron chi connectivity index (χ4n) is 3.62. The van der Waals surface area contributed by atoms with E-state index in [9.17, 15) is 9.59 Å². The van der Waals surface area contributed by atoms with Crippen molar-refractivity contribution in [3.8, 4) is 0 Å². The topological polar surface area (TPSA) is 61.9 Å². The monoisotopic (exact) mass is 417 g/mol. The van der Waals surface area contributed by atoms with Crippen LogP contribution in [0.25, 0.3) is 0 Å². The van der Waals surface area contributed by atoms with Gasteiger partial charge in [-0.15, -0.1) is 5.06 Å². The van der Waals surface area contributed by atoms with Gasteiger partial charge < -0.3 is 10.2 Å². The lowest BCUT2D eigenvalue weighted by atomic mass is 9.92. The highest BCUT2D eigenvalue weighted by molar-refractivity contribution is 5.94. The molecule has 1 unspecified atom stereocenters. The number of piperazine rings is 1. The second kappa shape index (κ2) is 9.48. The van der Waals surface area contributed by atoms with Crippen LogP contribution in [-0.2, 0) is 9.63 Å². The molecule has 1 atom stereocenters. The zero-order valence-corrected chi connectivity index (χ0v) is 19.9. The Morgan fingerprint density at radius 2 is 1.60 bits per heavy atom. The molecule has 0 aliphatic carbocycles. The van der Waals surface area contributed by atoms with Gasteiger partial charge in [0.1, 0.15) is 0 Å². The van der Waals surface area contributed by atoms with Crippen molar-refractivity contribution in [1.29, 1.82) is 0 Å². The maximum Gasteiger partial charge on any atom is 0.330 e. The van der Waals surface area contributed by atoms with Crippen LogP contribution in [-0.4, -0.2) is 53.6 Å². The van der Waals surface area contributed by atoms with Crippen LogP contribution in [0.5, 0.6) is 0 Å². The van der Waals surface area contributed by atoms with Gasteiger partial charge in [-0.1, -0.05) is 26.0 Å². The van der Waals surface area contributed by atoms with Gasteiger partial charge in [-0.2, -0.15) is 0 Å². The summed E-state index contributed by atoms with van der Waals surface area (Å²) in [6.07, 6.45) is 0. The fourth-order valence-corrected chi connectivity index (χ4v) is 3.62. The minimum atomic E-state index is -0.508. The lowest BCUT2D eigenvalue weighted by Gasteiger charge is -2.40. The van der Waals surface area contributed by atoms with Crippen LogP contribution >= 0.6 is 0 Å². The first-order valence-corrected chi connectivity index (χ1v) is 10.9. The standard InChI is InChI=1S/C24H39N3O3/c1-17(2)20(18-10-9-11-19(16-18)21(28)25-24(6,7)8)26-12-14-27(15-13-26)30-22(29)23(3,4)5/h9-11,16-17,20H,12-15H2,1-8H3,(H,25,28). The van der Waals surface area contributed by atoms with Gasteiger partial charge in [-0.05, 0) is 65.2 Å². The van der Waals surface area contributed by atoms with Crippen molar-refractivity contribution in [2.24, 2.45) is 11.3 Å². The molecule has 30 heavy (non-hydrogen) atoms. The van der Waals surface area contributed by atoms with E-state index < -0.39 is 5.41 Å². The average Bonchev–Trinajstić information content (AvgIpc) is 2.61. The molecule has 1 aliphatic heterocycles. The number of nitrogens with one attached hydrogen (secondary N) is 1. The summed E-state index contributed by atoms with van der Waals surface area (Å²) in [7, 11) is 0. The first kappa shape index (κ1) is 24.4. The molecule has 1 aromatic carbocycles. The zero-order chi connectivity index (χ0) is 22.7. The van der Waals surface area contributed by atoms with Crippen LogP contribution in [0.1, 0.15) is 77.4 Å². The minimum absolute atomic E-state index is 0.0502. The summed E-state index contributed by atoms with van der Waals surface area (Å²) in [4.78, 5) is 32.8. The van der Waals surface area contributed by atoms with E-state index in [-0.39, 0.29) is 23.5 Å². The van der Waals surface area contributed by atoms with Crippen LogP contribution in [0.15, 0.2) is 24.3 Å². The first-order chi connectivity index (χ1) is 13.8. The zero-order valence-electron chi connectivity index (χ0n) is 19.9. The Morgan fingerprint density at radius 1 is 1.00 bits per heavy atom. The van der Waals surface area contributed by atoms with Crippen molar-refractivity contribution in [3.05, 3.63) is 35.4 Å². The minimum Gasteiger partial charge on any atom is -0.367 e. The second-order valence-electron chi connectivity index (χ2n) is 10.6. The van der Waals surface area contributed by atoms with Gasteiger partial charge in [-0.3, -0.25) is 9.69 Å². The van der Waals surface area contributed by atoms with Crippen molar-refractivity contribution >= 4 is 11.9 Å². The van der Waals surface area contributed by atoms with Crippen LogP contribution < -0.4 is 5.32 Å². The molecule has 168 valence electrons. The summed E-state index contributed by atoms with van der Waals surface area (Å²) in [5.74, 6) is 0.134. The van der Waals surface area contributed by atoms with E-state index in [1.165, 1.54) is 0 Å². The molecule has 0 bridgehead atoms. The highest BCUT2D eigenvalue weighted by atomic mass is 16.7. The van der Waals surface area contributed by atoms with Crippen molar-refractivity contribution in [2.75, 3.05) is 26.2 Å². The van der Waals surface area contributed by atoms with E-state index in [1.54, 1.807) is 5.06 Å². The molecular formula is C24H39N3O3. The molecule has 6 heteroatoms. The van der Waals surface area contributed by atoms with Crippen molar-refractivity contribution in [1.82, 2.24) is 15.3 Å². The van der Waals surface area contributed by atoms with Crippen LogP contribution in [0, 0.1) is 11.3 Å². The Hall–Kier alpha value is -1.92. The molecule has 1 saturated heterocycles. The highest BCUT2D eigenvalue weighted by Crippen LogP contribution is 2.30. The Bertz CT molecular complexity index is 739. The van der Waals surface area contributed by atoms with E-state index in [4.69, 9.17) is 4.84 Å². The molecule has 1 amide bonds. The summed E-state index contributed by atoms with van der Waals surface area (Å²) < 4.78 is 0. The maximum absolute atomic E-state index is 12.6. The molecule has 6 nitrogen and oxygen atoms in total. The average molecular weight is 418 g/mol. The number of carbonyl (C=O) groups excluding carboxylic acids is 2. The smallest absolute Gasteiger partial charge is 0.330 e. The second-order valence-corrected chi connectivity index (χ2v) is 10.6. The number of benzene rings is 1. The Kier molecular flexibility index (Phi) is 7.69. The lowest BCUT2D eigenvalue weighted by Crippen LogP contribution is -2.49. The molecule has 1 heterocycles. The number of rotatable bonds is 5. The highest BCUT2D eigenvalue weighted by Gasteiger charge is 2.31. The number of carbonyl (C=O) groups is 2. The van der Waals surface area contributed by atoms with Gasteiger partial charge in [0, 0.05) is 43.3 Å². The number of nitrogens with zero attached hydrogens (tertiary/aromatic N) is 2. The molecule has 0 aromatic heterocycles. The van der Waals surface area contributed by atoms with Gasteiger partial charge in [0.15, 0.2) is 0 Å². The van der Waals surface area contributed by atoms with Gasteiger partial charge >= 0.3 is 5.97 Å². The first-order valence-electron chi connectivity index (χ1n) is 10.9. The molecule has 1 N–H and O–H groups in total. The number of hydrogen-bond donors (Lipinski definition) is 1. The van der Waals surface area contributed by atoms with Crippen LogP contribution in [0.4, 0.5) is 0 Å². The summed E-state index contributed by atoms with van der Waals surface area (Å²) >= 11 is 0. The molecule has 0 spiro atoms. The molecule has 1 aliphatic rings. The SMILES string of the molecule is CC(C)C(c1cccc(C(=O)NC(C)(C)C)c1)N1CCN(OC(=O)C(C)(C)C)CC1. The number of amides is 1. The lowest BCUT2D eigenvalue weighted by molar-refractivity contribution is -0.208. The van der Waals surface area contributed by atoms with E-state index in [0.717, 1.165) is 18.7 Å². The summed E-state index contributed by atoms with van der Waals surface area (Å²) in [5, 5.41) is 4.81. The quantitative estimate of drug-likeness (QED) is 0.784. The maximum atomic E-state index is 12.6. The third-order valence-electron chi connectivity index (χ3n) is 5.10. The largest absolute Gasteiger partial charge is 0.367 e. The summed E-state index contributed by atoms with van der Waals surface area (Å²) in [5.41, 5.74) is 1.05. The third kappa shape index (κ3) is 6.81.